The lowest BCUT2D eigenvalue weighted by Gasteiger charge is -2.07. The van der Waals surface area contributed by atoms with Crippen molar-refractivity contribution in [2.45, 2.75) is 20.5 Å². The molecule has 29 heavy (non-hydrogen) atoms. The van der Waals surface area contributed by atoms with Gasteiger partial charge in [-0.2, -0.15) is 5.10 Å². The number of carbonyl (C=O) groups excluding carboxylic acids is 2. The van der Waals surface area contributed by atoms with Crippen LogP contribution in [0.1, 0.15) is 35.3 Å². The Hall–Kier alpha value is -3.68. The Morgan fingerprint density at radius 3 is 2.48 bits per heavy atom. The van der Waals surface area contributed by atoms with Crippen LogP contribution in [0.4, 0.5) is 0 Å². The molecule has 0 saturated heterocycles. The van der Waals surface area contributed by atoms with Gasteiger partial charge >= 0.3 is 17.8 Å². The molecule has 0 aliphatic carbocycles. The average molecular weight is 397 g/mol. The Bertz CT molecular complexity index is 891. The number of hydrazone groups is 1. The number of hydrogen-bond donors (Lipinski definition) is 3. The summed E-state index contributed by atoms with van der Waals surface area (Å²) in [6, 6.07) is 13.4. The Balaban J connectivity index is 1.87. The van der Waals surface area contributed by atoms with Gasteiger partial charge in [0.2, 0.25) is 0 Å². The first-order chi connectivity index (χ1) is 13.8. The molecule has 0 aliphatic rings. The van der Waals surface area contributed by atoms with Crippen LogP contribution in [-0.4, -0.2) is 35.6 Å². The van der Waals surface area contributed by atoms with E-state index in [9.17, 15) is 14.4 Å². The summed E-state index contributed by atoms with van der Waals surface area (Å²) in [7, 11) is 0. The molecule has 0 aliphatic heterocycles. The number of ether oxygens (including phenoxy) is 1. The zero-order chi connectivity index (χ0) is 21.2. The standard InChI is InChI=1S/C21H23N3O5/c1-14(2)11-22-19(25)20(26)24-23-12-16-4-3-5-18(10-16)29-13-15-6-8-17(9-7-15)21(27)28/h3-10,12,14H,11,13H2,1-2H3,(H,22,25)(H,24,26)(H,27,28)/b23-12-. The van der Waals surface area contributed by atoms with E-state index >= 15 is 0 Å². The molecule has 2 amide bonds. The van der Waals surface area contributed by atoms with Crippen LogP contribution < -0.4 is 15.5 Å². The first kappa shape index (κ1) is 21.6. The van der Waals surface area contributed by atoms with Crippen LogP contribution in [0.15, 0.2) is 53.6 Å². The van der Waals surface area contributed by atoms with Crippen LogP contribution in [0.25, 0.3) is 0 Å². The molecule has 3 N–H and O–H groups in total. The molecule has 2 aromatic rings. The van der Waals surface area contributed by atoms with E-state index in [1.54, 1.807) is 36.4 Å². The Labute approximate surface area is 168 Å². The maximum absolute atomic E-state index is 11.6. The van der Waals surface area contributed by atoms with Crippen molar-refractivity contribution < 1.29 is 24.2 Å². The number of benzene rings is 2. The summed E-state index contributed by atoms with van der Waals surface area (Å²) in [5, 5.41) is 15.2. The molecule has 0 atom stereocenters. The van der Waals surface area contributed by atoms with Crippen molar-refractivity contribution in [3.8, 4) is 5.75 Å². The molecule has 8 heteroatoms. The normalized spacial score (nSPS) is 10.7. The van der Waals surface area contributed by atoms with Crippen molar-refractivity contribution >= 4 is 24.0 Å². The SMILES string of the molecule is CC(C)CNC(=O)C(=O)N/N=C\c1cccc(OCc2ccc(C(=O)O)cc2)c1. The Morgan fingerprint density at radius 1 is 1.10 bits per heavy atom. The molecular weight excluding hydrogens is 374 g/mol. The molecule has 0 fully saturated rings. The molecule has 2 rings (SSSR count). The summed E-state index contributed by atoms with van der Waals surface area (Å²) < 4.78 is 5.69. The molecule has 8 nitrogen and oxygen atoms in total. The summed E-state index contributed by atoms with van der Waals surface area (Å²) in [6.07, 6.45) is 1.40. The molecule has 2 aromatic carbocycles. The summed E-state index contributed by atoms with van der Waals surface area (Å²) in [5.74, 6) is -1.72. The van der Waals surface area contributed by atoms with E-state index in [4.69, 9.17) is 9.84 Å². The number of hydrogen-bond acceptors (Lipinski definition) is 5. The second-order valence-electron chi connectivity index (χ2n) is 6.67. The van der Waals surface area contributed by atoms with Crippen LogP contribution in [0.5, 0.6) is 5.75 Å². The molecular formula is C21H23N3O5. The van der Waals surface area contributed by atoms with Crippen molar-refractivity contribution in [2.75, 3.05) is 6.54 Å². The number of carboxylic acids is 1. The largest absolute Gasteiger partial charge is 0.489 e. The van der Waals surface area contributed by atoms with Crippen LogP contribution in [0.3, 0.4) is 0 Å². The fourth-order valence-electron chi connectivity index (χ4n) is 2.19. The molecule has 0 radical (unpaired) electrons. The van der Waals surface area contributed by atoms with Crippen molar-refractivity contribution in [1.82, 2.24) is 10.7 Å². The minimum atomic E-state index is -0.978. The van der Waals surface area contributed by atoms with E-state index in [0.29, 0.717) is 17.9 Å². The number of aromatic carboxylic acids is 1. The van der Waals surface area contributed by atoms with Gasteiger partial charge in [0, 0.05) is 6.54 Å². The highest BCUT2D eigenvalue weighted by Crippen LogP contribution is 2.14. The Kier molecular flexibility index (Phi) is 7.90. The third-order valence-electron chi connectivity index (χ3n) is 3.72. The first-order valence-electron chi connectivity index (χ1n) is 9.01. The maximum atomic E-state index is 11.6. The van der Waals surface area contributed by atoms with Gasteiger partial charge < -0.3 is 15.2 Å². The minimum absolute atomic E-state index is 0.215. The lowest BCUT2D eigenvalue weighted by Crippen LogP contribution is -2.39. The fourth-order valence-corrected chi connectivity index (χ4v) is 2.19. The monoisotopic (exact) mass is 397 g/mol. The quantitative estimate of drug-likeness (QED) is 0.359. The van der Waals surface area contributed by atoms with Gasteiger partial charge in [0.15, 0.2) is 0 Å². The number of nitrogens with one attached hydrogen (secondary N) is 2. The maximum Gasteiger partial charge on any atom is 0.335 e. The minimum Gasteiger partial charge on any atom is -0.489 e. The van der Waals surface area contributed by atoms with E-state index < -0.39 is 17.8 Å². The van der Waals surface area contributed by atoms with Gasteiger partial charge in [-0.05, 0) is 41.3 Å². The molecule has 0 heterocycles. The average Bonchev–Trinajstić information content (AvgIpc) is 2.71. The zero-order valence-electron chi connectivity index (χ0n) is 16.2. The zero-order valence-corrected chi connectivity index (χ0v) is 16.2. The molecule has 0 bridgehead atoms. The van der Waals surface area contributed by atoms with E-state index in [1.165, 1.54) is 18.3 Å². The predicted molar refractivity (Wildman–Crippen MR) is 108 cm³/mol. The van der Waals surface area contributed by atoms with Gasteiger partial charge in [-0.1, -0.05) is 38.1 Å². The second kappa shape index (κ2) is 10.6. The predicted octanol–water partition coefficient (Wildman–Crippen LogP) is 2.19. The van der Waals surface area contributed by atoms with Crippen molar-refractivity contribution in [1.29, 1.82) is 0 Å². The lowest BCUT2D eigenvalue weighted by molar-refractivity contribution is -0.139. The van der Waals surface area contributed by atoms with E-state index in [0.717, 1.165) is 5.56 Å². The third kappa shape index (κ3) is 7.45. The van der Waals surface area contributed by atoms with Gasteiger partial charge in [-0.25, -0.2) is 10.2 Å². The third-order valence-corrected chi connectivity index (χ3v) is 3.72. The lowest BCUT2D eigenvalue weighted by atomic mass is 10.1. The van der Waals surface area contributed by atoms with E-state index in [2.05, 4.69) is 15.8 Å². The molecule has 152 valence electrons. The van der Waals surface area contributed by atoms with Gasteiger partial charge in [-0.15, -0.1) is 0 Å². The number of carboxylic acid groups (broad SMARTS) is 1. The second-order valence-corrected chi connectivity index (χ2v) is 6.67. The van der Waals surface area contributed by atoms with Crippen LogP contribution in [-0.2, 0) is 16.2 Å². The highest BCUT2D eigenvalue weighted by Gasteiger charge is 2.12. The van der Waals surface area contributed by atoms with Gasteiger partial charge in [0.25, 0.3) is 0 Å². The summed E-state index contributed by atoms with van der Waals surface area (Å²) in [4.78, 5) is 34.1. The van der Waals surface area contributed by atoms with E-state index in [-0.39, 0.29) is 18.1 Å². The molecule has 0 saturated carbocycles. The highest BCUT2D eigenvalue weighted by atomic mass is 16.5. The number of nitrogens with zero attached hydrogens (tertiary/aromatic N) is 1. The highest BCUT2D eigenvalue weighted by molar-refractivity contribution is 6.35. The van der Waals surface area contributed by atoms with E-state index in [1.807, 2.05) is 13.8 Å². The fraction of sp³-hybridized carbons (Fsp3) is 0.238. The van der Waals surface area contributed by atoms with Crippen LogP contribution >= 0.6 is 0 Å². The summed E-state index contributed by atoms with van der Waals surface area (Å²) in [5.41, 5.74) is 3.89. The summed E-state index contributed by atoms with van der Waals surface area (Å²) in [6.45, 7) is 4.54. The van der Waals surface area contributed by atoms with Crippen molar-refractivity contribution in [3.05, 3.63) is 65.2 Å². The Morgan fingerprint density at radius 2 is 1.83 bits per heavy atom. The number of carbonyl (C=O) groups is 3. The first-order valence-corrected chi connectivity index (χ1v) is 9.01. The molecule has 0 unspecified atom stereocenters. The summed E-state index contributed by atoms with van der Waals surface area (Å²) >= 11 is 0. The van der Waals surface area contributed by atoms with Crippen LogP contribution in [0, 0.1) is 5.92 Å². The topological polar surface area (TPSA) is 117 Å². The van der Waals surface area contributed by atoms with Gasteiger partial charge in [0.05, 0.1) is 11.8 Å². The number of rotatable bonds is 8. The molecule has 0 aromatic heterocycles. The van der Waals surface area contributed by atoms with Crippen molar-refractivity contribution in [2.24, 2.45) is 11.0 Å². The van der Waals surface area contributed by atoms with Crippen molar-refractivity contribution in [3.63, 3.8) is 0 Å². The van der Waals surface area contributed by atoms with Gasteiger partial charge in [-0.3, -0.25) is 9.59 Å². The molecule has 0 spiro atoms. The van der Waals surface area contributed by atoms with Gasteiger partial charge in [0.1, 0.15) is 12.4 Å². The smallest absolute Gasteiger partial charge is 0.335 e. The number of amides is 2. The van der Waals surface area contributed by atoms with Crippen LogP contribution in [0.2, 0.25) is 0 Å².